The minimum atomic E-state index is 0.353. The van der Waals surface area contributed by atoms with Gasteiger partial charge >= 0.3 is 0 Å². The van der Waals surface area contributed by atoms with Crippen LogP contribution >= 0.6 is 11.6 Å². The Morgan fingerprint density at radius 2 is 2.06 bits per heavy atom. The maximum absolute atomic E-state index is 6.23. The molecule has 0 aromatic heterocycles. The Morgan fingerprint density at radius 1 is 1.29 bits per heavy atom. The largest absolute Gasteiger partial charge is 0.495 e. The van der Waals surface area contributed by atoms with Crippen LogP contribution in [-0.2, 0) is 24.3 Å². The molecule has 0 atom stereocenters. The number of halogens is 1. The van der Waals surface area contributed by atoms with Crippen molar-refractivity contribution in [2.45, 2.75) is 38.7 Å². The molecule has 1 aromatic carbocycles. The van der Waals surface area contributed by atoms with Crippen LogP contribution in [0.2, 0.25) is 5.02 Å². The minimum absolute atomic E-state index is 0.353. The molecule has 3 nitrogen and oxygen atoms in total. The van der Waals surface area contributed by atoms with Crippen LogP contribution in [-0.4, -0.2) is 7.11 Å². The summed E-state index contributed by atoms with van der Waals surface area (Å²) in [6, 6.07) is 2.03. The zero-order valence-electron chi connectivity index (χ0n) is 10.1. The number of ether oxygens (including phenoxy) is 1. The number of fused-ring (bicyclic) bond motifs is 1. The summed E-state index contributed by atoms with van der Waals surface area (Å²) >= 11 is 6.23. The molecule has 0 unspecified atom stereocenters. The van der Waals surface area contributed by atoms with Crippen molar-refractivity contribution in [1.29, 1.82) is 0 Å². The molecule has 0 amide bonds. The van der Waals surface area contributed by atoms with Gasteiger partial charge in [0.1, 0.15) is 5.75 Å². The zero-order chi connectivity index (χ0) is 12.3. The fourth-order valence-electron chi connectivity index (χ4n) is 2.57. The highest BCUT2D eigenvalue weighted by Crippen LogP contribution is 2.36. The summed E-state index contributed by atoms with van der Waals surface area (Å²) in [5.41, 5.74) is 3.65. The summed E-state index contributed by atoms with van der Waals surface area (Å²) in [6.07, 6.45) is 5.82. The molecule has 2 rings (SSSR count). The molecule has 1 aromatic rings. The third-order valence-electron chi connectivity index (χ3n) is 3.35. The summed E-state index contributed by atoms with van der Waals surface area (Å²) < 4.78 is 5.37. The molecule has 0 bridgehead atoms. The first-order valence-corrected chi connectivity index (χ1v) is 6.34. The van der Waals surface area contributed by atoms with Gasteiger partial charge < -0.3 is 4.74 Å². The predicted octanol–water partition coefficient (Wildman–Crippen LogP) is 3.01. The van der Waals surface area contributed by atoms with Gasteiger partial charge in [0.25, 0.3) is 0 Å². The lowest BCUT2D eigenvalue weighted by atomic mass is 9.96. The molecule has 0 aliphatic heterocycles. The molecule has 0 radical (unpaired) electrons. The highest BCUT2D eigenvalue weighted by atomic mass is 35.5. The van der Waals surface area contributed by atoms with Crippen LogP contribution in [0.25, 0.3) is 0 Å². The first-order valence-electron chi connectivity index (χ1n) is 5.96. The molecule has 0 fully saturated rings. The second kappa shape index (κ2) is 5.71. The van der Waals surface area contributed by atoms with E-state index in [9.17, 15) is 0 Å². The number of benzene rings is 1. The van der Waals surface area contributed by atoms with E-state index < -0.39 is 0 Å². The molecule has 17 heavy (non-hydrogen) atoms. The highest BCUT2D eigenvalue weighted by Gasteiger charge is 2.19. The molecule has 0 heterocycles. The Morgan fingerprint density at radius 3 is 2.76 bits per heavy atom. The normalized spacial score (nSPS) is 15.2. The molecule has 94 valence electrons. The van der Waals surface area contributed by atoms with Gasteiger partial charge in [-0.3, -0.25) is 4.84 Å². The van der Waals surface area contributed by atoms with Crippen molar-refractivity contribution < 1.29 is 9.57 Å². The van der Waals surface area contributed by atoms with Crippen LogP contribution in [0.3, 0.4) is 0 Å². The summed E-state index contributed by atoms with van der Waals surface area (Å²) in [5.74, 6) is 5.91. The Hall–Kier alpha value is -0.770. The number of rotatable bonds is 3. The van der Waals surface area contributed by atoms with E-state index in [4.69, 9.17) is 27.1 Å². The van der Waals surface area contributed by atoms with Gasteiger partial charge in [-0.1, -0.05) is 18.0 Å². The van der Waals surface area contributed by atoms with Crippen molar-refractivity contribution in [1.82, 2.24) is 0 Å². The van der Waals surface area contributed by atoms with Crippen molar-refractivity contribution in [3.05, 3.63) is 27.8 Å². The summed E-state index contributed by atoms with van der Waals surface area (Å²) in [6.45, 7) is 0.353. The van der Waals surface area contributed by atoms with Gasteiger partial charge in [-0.25, -0.2) is 5.90 Å². The lowest BCUT2D eigenvalue weighted by Gasteiger charge is -2.17. The smallest absolute Gasteiger partial charge is 0.143 e. The van der Waals surface area contributed by atoms with Crippen LogP contribution in [0.1, 0.15) is 36.0 Å². The summed E-state index contributed by atoms with van der Waals surface area (Å²) in [4.78, 5) is 4.79. The second-order valence-electron chi connectivity index (χ2n) is 4.38. The maximum atomic E-state index is 6.23. The van der Waals surface area contributed by atoms with E-state index in [1.807, 2.05) is 6.07 Å². The predicted molar refractivity (Wildman–Crippen MR) is 68.2 cm³/mol. The molecular formula is C13H18ClNO2. The van der Waals surface area contributed by atoms with E-state index in [0.717, 1.165) is 18.4 Å². The molecule has 4 heteroatoms. The fraction of sp³-hybridized carbons (Fsp3) is 0.538. The van der Waals surface area contributed by atoms with Crippen molar-refractivity contribution in [2.24, 2.45) is 5.90 Å². The molecule has 1 aliphatic carbocycles. The van der Waals surface area contributed by atoms with Crippen LogP contribution in [0.5, 0.6) is 5.75 Å². The number of hydrogen-bond acceptors (Lipinski definition) is 3. The quantitative estimate of drug-likeness (QED) is 0.667. The fourth-order valence-corrected chi connectivity index (χ4v) is 2.89. The van der Waals surface area contributed by atoms with Crippen LogP contribution < -0.4 is 10.6 Å². The van der Waals surface area contributed by atoms with E-state index in [1.165, 1.54) is 30.4 Å². The second-order valence-corrected chi connectivity index (χ2v) is 4.79. The molecule has 2 N–H and O–H groups in total. The van der Waals surface area contributed by atoms with Gasteiger partial charge in [0.2, 0.25) is 0 Å². The number of aryl methyl sites for hydroxylation is 1. The molecular weight excluding hydrogens is 238 g/mol. The van der Waals surface area contributed by atoms with Gasteiger partial charge in [0.05, 0.1) is 18.7 Å². The Balaban J connectivity index is 2.53. The Bertz CT molecular complexity index is 407. The standard InChI is InChI=1S/C13H18ClNO2/c1-16-13-11(8-17-15)10-6-4-2-3-5-9(10)7-12(13)14/h7H,2-6,8,15H2,1H3. The lowest BCUT2D eigenvalue weighted by molar-refractivity contribution is 0.121. The van der Waals surface area contributed by atoms with Crippen molar-refractivity contribution >= 4 is 11.6 Å². The average Bonchev–Trinajstić information content (AvgIpc) is 2.54. The molecule has 0 saturated heterocycles. The Labute approximate surface area is 107 Å². The molecule has 0 saturated carbocycles. The minimum Gasteiger partial charge on any atom is -0.495 e. The highest BCUT2D eigenvalue weighted by molar-refractivity contribution is 6.32. The van der Waals surface area contributed by atoms with Gasteiger partial charge in [-0.15, -0.1) is 0 Å². The Kier molecular flexibility index (Phi) is 4.26. The molecule has 1 aliphatic rings. The van der Waals surface area contributed by atoms with E-state index in [0.29, 0.717) is 17.4 Å². The van der Waals surface area contributed by atoms with E-state index in [2.05, 4.69) is 0 Å². The van der Waals surface area contributed by atoms with E-state index in [-0.39, 0.29) is 0 Å². The third kappa shape index (κ3) is 2.57. The van der Waals surface area contributed by atoms with E-state index >= 15 is 0 Å². The summed E-state index contributed by atoms with van der Waals surface area (Å²) in [7, 11) is 1.63. The van der Waals surface area contributed by atoms with Crippen LogP contribution in [0.4, 0.5) is 0 Å². The van der Waals surface area contributed by atoms with Gasteiger partial charge in [-0.2, -0.15) is 0 Å². The molecule has 0 spiro atoms. The lowest BCUT2D eigenvalue weighted by Crippen LogP contribution is -2.07. The van der Waals surface area contributed by atoms with Gasteiger partial charge in [0.15, 0.2) is 0 Å². The number of methoxy groups -OCH3 is 1. The maximum Gasteiger partial charge on any atom is 0.143 e. The van der Waals surface area contributed by atoms with Crippen LogP contribution in [0.15, 0.2) is 6.07 Å². The topological polar surface area (TPSA) is 44.5 Å². The van der Waals surface area contributed by atoms with Crippen molar-refractivity contribution in [3.63, 3.8) is 0 Å². The average molecular weight is 256 g/mol. The van der Waals surface area contributed by atoms with E-state index in [1.54, 1.807) is 7.11 Å². The third-order valence-corrected chi connectivity index (χ3v) is 3.63. The van der Waals surface area contributed by atoms with Crippen molar-refractivity contribution in [2.75, 3.05) is 7.11 Å². The number of nitrogens with two attached hydrogens (primary N) is 1. The van der Waals surface area contributed by atoms with Crippen LogP contribution in [0, 0.1) is 0 Å². The number of hydrogen-bond donors (Lipinski definition) is 1. The van der Waals surface area contributed by atoms with Gasteiger partial charge in [0, 0.05) is 5.56 Å². The van der Waals surface area contributed by atoms with Crippen molar-refractivity contribution in [3.8, 4) is 5.75 Å². The first-order chi connectivity index (χ1) is 8.27. The zero-order valence-corrected chi connectivity index (χ0v) is 10.8. The SMILES string of the molecule is COc1c(Cl)cc2c(c1CON)CCCCC2. The monoisotopic (exact) mass is 255 g/mol. The van der Waals surface area contributed by atoms with Gasteiger partial charge in [-0.05, 0) is 42.9 Å². The first kappa shape index (κ1) is 12.7. The summed E-state index contributed by atoms with van der Waals surface area (Å²) in [5, 5.41) is 0.653.